The summed E-state index contributed by atoms with van der Waals surface area (Å²) in [6, 6.07) is 0. The summed E-state index contributed by atoms with van der Waals surface area (Å²) in [4.78, 5) is 13.4. The molecule has 1 N–H and O–H groups in total. The Hall–Kier alpha value is -0.570. The zero-order valence-electron chi connectivity index (χ0n) is 10.2. The molecule has 0 amide bonds. The summed E-state index contributed by atoms with van der Waals surface area (Å²) >= 11 is 0. The van der Waals surface area contributed by atoms with E-state index in [1.54, 1.807) is 0 Å². The average molecular weight is 225 g/mol. The standard InChI is InChI=1S/C13H23NO2/c1-10-7-14(9-12(10)13(15)16)8-11-5-3-2-4-6-11/h10-12H,2-9H2,1H3,(H,15,16)/t10-,12-/m1/s1. The van der Waals surface area contributed by atoms with Crippen molar-refractivity contribution in [2.75, 3.05) is 19.6 Å². The summed E-state index contributed by atoms with van der Waals surface area (Å²) in [6.07, 6.45) is 6.84. The van der Waals surface area contributed by atoms with Crippen molar-refractivity contribution in [1.82, 2.24) is 4.90 Å². The summed E-state index contributed by atoms with van der Waals surface area (Å²) in [5.41, 5.74) is 0. The summed E-state index contributed by atoms with van der Waals surface area (Å²) in [5, 5.41) is 9.08. The van der Waals surface area contributed by atoms with E-state index >= 15 is 0 Å². The lowest BCUT2D eigenvalue weighted by molar-refractivity contribution is -0.142. The molecule has 1 aliphatic carbocycles. The summed E-state index contributed by atoms with van der Waals surface area (Å²) in [5.74, 6) is 0.400. The van der Waals surface area contributed by atoms with E-state index in [0.717, 1.165) is 25.6 Å². The number of nitrogens with zero attached hydrogens (tertiary/aromatic N) is 1. The van der Waals surface area contributed by atoms with Crippen LogP contribution in [0.2, 0.25) is 0 Å². The van der Waals surface area contributed by atoms with Crippen molar-refractivity contribution in [2.24, 2.45) is 17.8 Å². The van der Waals surface area contributed by atoms with Gasteiger partial charge in [0.2, 0.25) is 0 Å². The zero-order chi connectivity index (χ0) is 11.5. The second-order valence-corrected chi connectivity index (χ2v) is 5.64. The third-order valence-electron chi connectivity index (χ3n) is 4.25. The summed E-state index contributed by atoms with van der Waals surface area (Å²) in [6.45, 7) is 4.95. The van der Waals surface area contributed by atoms with E-state index in [2.05, 4.69) is 11.8 Å². The minimum Gasteiger partial charge on any atom is -0.481 e. The SMILES string of the molecule is C[C@@H]1CN(CC2CCCCC2)C[C@H]1C(=O)O. The normalized spacial score (nSPS) is 33.1. The van der Waals surface area contributed by atoms with Gasteiger partial charge in [0.1, 0.15) is 0 Å². The quantitative estimate of drug-likeness (QED) is 0.800. The highest BCUT2D eigenvalue weighted by atomic mass is 16.4. The van der Waals surface area contributed by atoms with Crippen LogP contribution in [0.5, 0.6) is 0 Å². The van der Waals surface area contributed by atoms with Crippen LogP contribution < -0.4 is 0 Å². The van der Waals surface area contributed by atoms with E-state index < -0.39 is 5.97 Å². The fraction of sp³-hybridized carbons (Fsp3) is 0.923. The molecule has 2 aliphatic rings. The van der Waals surface area contributed by atoms with Gasteiger partial charge in [-0.1, -0.05) is 26.2 Å². The first-order valence-electron chi connectivity index (χ1n) is 6.62. The number of carboxylic acid groups (broad SMARTS) is 1. The second kappa shape index (κ2) is 5.17. The van der Waals surface area contributed by atoms with Gasteiger partial charge in [0.15, 0.2) is 0 Å². The molecule has 0 unspecified atom stereocenters. The maximum atomic E-state index is 11.0. The molecule has 0 spiro atoms. The highest BCUT2D eigenvalue weighted by molar-refractivity contribution is 5.71. The minimum absolute atomic E-state index is 0.136. The molecule has 0 radical (unpaired) electrons. The lowest BCUT2D eigenvalue weighted by atomic mass is 9.89. The first-order valence-corrected chi connectivity index (χ1v) is 6.62. The molecule has 2 atom stereocenters. The number of carboxylic acids is 1. The zero-order valence-corrected chi connectivity index (χ0v) is 10.2. The molecule has 0 bridgehead atoms. The van der Waals surface area contributed by atoms with Crippen LogP contribution in [-0.4, -0.2) is 35.6 Å². The van der Waals surface area contributed by atoms with Gasteiger partial charge in [-0.3, -0.25) is 4.79 Å². The van der Waals surface area contributed by atoms with Gasteiger partial charge in [-0.25, -0.2) is 0 Å². The van der Waals surface area contributed by atoms with Crippen molar-refractivity contribution < 1.29 is 9.90 Å². The van der Waals surface area contributed by atoms with Gasteiger partial charge in [-0.05, 0) is 24.7 Å². The molecule has 3 nitrogen and oxygen atoms in total. The molecule has 0 aromatic carbocycles. The molecule has 92 valence electrons. The van der Waals surface area contributed by atoms with Gasteiger partial charge in [0.05, 0.1) is 5.92 Å². The third kappa shape index (κ3) is 2.76. The molecule has 0 aromatic heterocycles. The van der Waals surface area contributed by atoms with Crippen LogP contribution in [0.3, 0.4) is 0 Å². The van der Waals surface area contributed by atoms with Gasteiger partial charge in [0, 0.05) is 19.6 Å². The van der Waals surface area contributed by atoms with E-state index in [-0.39, 0.29) is 5.92 Å². The van der Waals surface area contributed by atoms with Crippen LogP contribution in [0, 0.1) is 17.8 Å². The fourth-order valence-corrected chi connectivity index (χ4v) is 3.27. The Morgan fingerprint density at radius 2 is 1.94 bits per heavy atom. The number of carbonyl (C=O) groups is 1. The first-order chi connectivity index (χ1) is 7.66. The Bertz CT molecular complexity index is 248. The molecule has 1 saturated carbocycles. The summed E-state index contributed by atoms with van der Waals surface area (Å²) < 4.78 is 0. The molecule has 1 aliphatic heterocycles. The molecule has 16 heavy (non-hydrogen) atoms. The van der Waals surface area contributed by atoms with Gasteiger partial charge >= 0.3 is 5.97 Å². The van der Waals surface area contributed by atoms with Crippen molar-refractivity contribution >= 4 is 5.97 Å². The molecule has 2 rings (SSSR count). The maximum Gasteiger partial charge on any atom is 0.308 e. The van der Waals surface area contributed by atoms with Gasteiger partial charge < -0.3 is 10.0 Å². The predicted molar refractivity (Wildman–Crippen MR) is 63.3 cm³/mol. The molecule has 2 fully saturated rings. The molecule has 1 saturated heterocycles. The van der Waals surface area contributed by atoms with E-state index in [0.29, 0.717) is 5.92 Å². The van der Waals surface area contributed by atoms with Gasteiger partial charge in [-0.2, -0.15) is 0 Å². The minimum atomic E-state index is -0.612. The number of hydrogen-bond donors (Lipinski definition) is 1. The lowest BCUT2D eigenvalue weighted by Gasteiger charge is -2.26. The van der Waals surface area contributed by atoms with Crippen LogP contribution in [0.25, 0.3) is 0 Å². The largest absolute Gasteiger partial charge is 0.481 e. The van der Waals surface area contributed by atoms with Crippen molar-refractivity contribution in [2.45, 2.75) is 39.0 Å². The van der Waals surface area contributed by atoms with E-state index in [1.165, 1.54) is 32.1 Å². The third-order valence-corrected chi connectivity index (χ3v) is 4.25. The Kier molecular flexibility index (Phi) is 3.85. The number of aliphatic carboxylic acids is 1. The van der Waals surface area contributed by atoms with Crippen molar-refractivity contribution in [1.29, 1.82) is 0 Å². The maximum absolute atomic E-state index is 11.0. The Labute approximate surface area is 97.8 Å². The van der Waals surface area contributed by atoms with E-state index in [9.17, 15) is 4.79 Å². The van der Waals surface area contributed by atoms with E-state index in [1.807, 2.05) is 0 Å². The lowest BCUT2D eigenvalue weighted by Crippen LogP contribution is -2.29. The van der Waals surface area contributed by atoms with Crippen LogP contribution >= 0.6 is 0 Å². The monoisotopic (exact) mass is 225 g/mol. The van der Waals surface area contributed by atoms with Crippen LogP contribution in [0.1, 0.15) is 39.0 Å². The Morgan fingerprint density at radius 3 is 2.50 bits per heavy atom. The summed E-state index contributed by atoms with van der Waals surface area (Å²) in [7, 11) is 0. The van der Waals surface area contributed by atoms with Crippen molar-refractivity contribution in [3.05, 3.63) is 0 Å². The van der Waals surface area contributed by atoms with Crippen LogP contribution in [0.4, 0.5) is 0 Å². The first kappa shape index (κ1) is 11.9. The fourth-order valence-electron chi connectivity index (χ4n) is 3.27. The number of likely N-dealkylation sites (tertiary alicyclic amines) is 1. The van der Waals surface area contributed by atoms with Crippen LogP contribution in [-0.2, 0) is 4.79 Å². The average Bonchev–Trinajstić information content (AvgIpc) is 2.61. The highest BCUT2D eigenvalue weighted by Gasteiger charge is 2.35. The number of rotatable bonds is 3. The molecule has 0 aromatic rings. The van der Waals surface area contributed by atoms with Crippen molar-refractivity contribution in [3.8, 4) is 0 Å². The molecular formula is C13H23NO2. The van der Waals surface area contributed by atoms with Crippen LogP contribution in [0.15, 0.2) is 0 Å². The molecule has 3 heteroatoms. The highest BCUT2D eigenvalue weighted by Crippen LogP contribution is 2.28. The predicted octanol–water partition coefficient (Wildman–Crippen LogP) is 2.22. The number of hydrogen-bond acceptors (Lipinski definition) is 2. The van der Waals surface area contributed by atoms with Gasteiger partial charge in [0.25, 0.3) is 0 Å². The van der Waals surface area contributed by atoms with E-state index in [4.69, 9.17) is 5.11 Å². The topological polar surface area (TPSA) is 40.5 Å². The molecule has 1 heterocycles. The molecular weight excluding hydrogens is 202 g/mol. The Balaban J connectivity index is 1.81. The van der Waals surface area contributed by atoms with Crippen molar-refractivity contribution in [3.63, 3.8) is 0 Å². The smallest absolute Gasteiger partial charge is 0.308 e. The van der Waals surface area contributed by atoms with Gasteiger partial charge in [-0.15, -0.1) is 0 Å². The Morgan fingerprint density at radius 1 is 1.25 bits per heavy atom. The second-order valence-electron chi connectivity index (χ2n) is 5.64.